The predicted molar refractivity (Wildman–Crippen MR) is 76.3 cm³/mol. The molecule has 1 aromatic heterocycles. The number of nitrogens with one attached hydrogen (secondary N) is 1. The highest BCUT2D eigenvalue weighted by Gasteiger charge is 2.28. The summed E-state index contributed by atoms with van der Waals surface area (Å²) in [6.45, 7) is 3.74. The summed E-state index contributed by atoms with van der Waals surface area (Å²) in [6.07, 6.45) is 0. The van der Waals surface area contributed by atoms with Crippen LogP contribution in [-0.4, -0.2) is 16.4 Å². The summed E-state index contributed by atoms with van der Waals surface area (Å²) in [5.41, 5.74) is 1.21. The Morgan fingerprint density at radius 3 is 2.63 bits per heavy atom. The maximum absolute atomic E-state index is 12.1. The Bertz CT molecular complexity index is 568. The molecule has 1 amide bonds. The van der Waals surface area contributed by atoms with Crippen LogP contribution in [0.25, 0.3) is 0 Å². The molecular formula is C14H15BrN2O2. The first-order valence-electron chi connectivity index (χ1n) is 5.92. The van der Waals surface area contributed by atoms with Gasteiger partial charge in [0.25, 0.3) is 5.91 Å². The molecule has 4 nitrogen and oxygen atoms in total. The molecule has 0 bridgehead atoms. The van der Waals surface area contributed by atoms with Crippen molar-refractivity contribution in [2.24, 2.45) is 0 Å². The third-order valence-electron chi connectivity index (χ3n) is 2.92. The van der Waals surface area contributed by atoms with Gasteiger partial charge >= 0.3 is 0 Å². The van der Waals surface area contributed by atoms with Crippen LogP contribution in [0.15, 0.2) is 40.9 Å². The molecule has 0 aliphatic carbocycles. The van der Waals surface area contributed by atoms with Crippen molar-refractivity contribution >= 4 is 21.8 Å². The molecule has 100 valence electrons. The Labute approximate surface area is 120 Å². The van der Waals surface area contributed by atoms with Crippen LogP contribution >= 0.6 is 15.9 Å². The van der Waals surface area contributed by atoms with Gasteiger partial charge in [-0.15, -0.1) is 0 Å². The molecule has 19 heavy (non-hydrogen) atoms. The molecular weight excluding hydrogens is 308 g/mol. The minimum atomic E-state index is -0.501. The molecule has 1 N–H and O–H groups in total. The van der Waals surface area contributed by atoms with Gasteiger partial charge in [-0.2, -0.15) is 0 Å². The number of amides is 1. The van der Waals surface area contributed by atoms with Crippen molar-refractivity contribution in [1.82, 2.24) is 10.5 Å². The lowest BCUT2D eigenvalue weighted by molar-refractivity contribution is 0.0876. The number of hydrogen-bond donors (Lipinski definition) is 1. The van der Waals surface area contributed by atoms with Crippen LogP contribution in [0.2, 0.25) is 0 Å². The minimum Gasteiger partial charge on any atom is -0.351 e. The smallest absolute Gasteiger partial charge is 0.290 e. The van der Waals surface area contributed by atoms with E-state index in [4.69, 9.17) is 4.52 Å². The first-order valence-corrected chi connectivity index (χ1v) is 7.04. The van der Waals surface area contributed by atoms with Crippen LogP contribution in [0.1, 0.15) is 28.7 Å². The normalized spacial score (nSPS) is 13.8. The molecule has 1 atom stereocenters. The quantitative estimate of drug-likeness (QED) is 0.880. The summed E-state index contributed by atoms with van der Waals surface area (Å²) in [4.78, 5) is 12.1. The molecule has 0 saturated heterocycles. The standard InChI is InChI=1S/C14H15BrN2O2/c1-10-8-12(19-17-10)13(18)16-14(2,9-15)11-6-4-3-5-7-11/h3-8H,9H2,1-2H3,(H,16,18). The van der Waals surface area contributed by atoms with Gasteiger partial charge in [0.05, 0.1) is 11.2 Å². The zero-order valence-electron chi connectivity index (χ0n) is 10.8. The van der Waals surface area contributed by atoms with E-state index in [1.807, 2.05) is 37.3 Å². The molecule has 0 saturated carbocycles. The average Bonchev–Trinajstić information content (AvgIpc) is 2.86. The lowest BCUT2D eigenvalue weighted by atomic mass is 9.94. The Kier molecular flexibility index (Phi) is 4.04. The zero-order chi connectivity index (χ0) is 13.9. The van der Waals surface area contributed by atoms with Crippen LogP contribution < -0.4 is 5.32 Å². The van der Waals surface area contributed by atoms with Gasteiger partial charge in [0.15, 0.2) is 0 Å². The second-order valence-electron chi connectivity index (χ2n) is 4.62. The second-order valence-corrected chi connectivity index (χ2v) is 5.18. The molecule has 0 aliphatic heterocycles. The van der Waals surface area contributed by atoms with E-state index in [2.05, 4.69) is 26.4 Å². The average molecular weight is 323 g/mol. The van der Waals surface area contributed by atoms with Gasteiger partial charge in [-0.25, -0.2) is 0 Å². The van der Waals surface area contributed by atoms with Crippen molar-refractivity contribution in [2.75, 3.05) is 5.33 Å². The van der Waals surface area contributed by atoms with E-state index in [0.717, 1.165) is 5.56 Å². The zero-order valence-corrected chi connectivity index (χ0v) is 12.4. The summed E-state index contributed by atoms with van der Waals surface area (Å²) in [5.74, 6) is -0.0491. The number of aryl methyl sites for hydroxylation is 1. The van der Waals surface area contributed by atoms with E-state index < -0.39 is 5.54 Å². The third kappa shape index (κ3) is 3.04. The largest absolute Gasteiger partial charge is 0.351 e. The first kappa shape index (κ1) is 13.8. The van der Waals surface area contributed by atoms with E-state index in [9.17, 15) is 4.79 Å². The number of hydrogen-bond acceptors (Lipinski definition) is 3. The fourth-order valence-corrected chi connectivity index (χ4v) is 2.24. The molecule has 1 unspecified atom stereocenters. The van der Waals surface area contributed by atoms with Crippen molar-refractivity contribution in [3.05, 3.63) is 53.4 Å². The number of alkyl halides is 1. The van der Waals surface area contributed by atoms with Gasteiger partial charge in [-0.05, 0) is 19.4 Å². The van der Waals surface area contributed by atoms with Crippen molar-refractivity contribution < 1.29 is 9.32 Å². The molecule has 1 heterocycles. The molecule has 0 spiro atoms. The molecule has 0 fully saturated rings. The van der Waals surface area contributed by atoms with E-state index in [-0.39, 0.29) is 11.7 Å². The fourth-order valence-electron chi connectivity index (χ4n) is 1.77. The lowest BCUT2D eigenvalue weighted by Crippen LogP contribution is -2.44. The van der Waals surface area contributed by atoms with Crippen LogP contribution in [0.5, 0.6) is 0 Å². The van der Waals surface area contributed by atoms with Crippen molar-refractivity contribution in [3.8, 4) is 0 Å². The molecule has 5 heteroatoms. The topological polar surface area (TPSA) is 55.1 Å². The van der Waals surface area contributed by atoms with Gasteiger partial charge in [0.1, 0.15) is 0 Å². The Hall–Kier alpha value is -1.62. The van der Waals surface area contributed by atoms with Gasteiger partial charge in [-0.1, -0.05) is 51.4 Å². The van der Waals surface area contributed by atoms with E-state index in [1.165, 1.54) is 0 Å². The van der Waals surface area contributed by atoms with E-state index in [1.54, 1.807) is 13.0 Å². The highest BCUT2D eigenvalue weighted by Crippen LogP contribution is 2.23. The fraction of sp³-hybridized carbons (Fsp3) is 0.286. The molecule has 2 aromatic rings. The predicted octanol–water partition coefficient (Wildman–Crippen LogP) is 3.02. The summed E-state index contributed by atoms with van der Waals surface area (Å²) in [5, 5.41) is 7.29. The SMILES string of the molecule is Cc1cc(C(=O)NC(C)(CBr)c2ccccc2)on1. The number of nitrogens with zero attached hydrogens (tertiary/aromatic N) is 1. The highest BCUT2D eigenvalue weighted by atomic mass is 79.9. The van der Waals surface area contributed by atoms with Crippen molar-refractivity contribution in [1.29, 1.82) is 0 Å². The maximum Gasteiger partial charge on any atom is 0.290 e. The van der Waals surface area contributed by atoms with Gasteiger partial charge in [0, 0.05) is 11.4 Å². The maximum atomic E-state index is 12.1. The first-order chi connectivity index (χ1) is 9.05. The molecule has 2 rings (SSSR count). The van der Waals surface area contributed by atoms with Gasteiger partial charge in [0.2, 0.25) is 5.76 Å². The highest BCUT2D eigenvalue weighted by molar-refractivity contribution is 9.09. The minimum absolute atomic E-state index is 0.223. The van der Waals surface area contributed by atoms with Crippen LogP contribution in [-0.2, 0) is 5.54 Å². The lowest BCUT2D eigenvalue weighted by Gasteiger charge is -2.28. The molecule has 1 aromatic carbocycles. The Balaban J connectivity index is 2.22. The summed E-state index contributed by atoms with van der Waals surface area (Å²) in [6, 6.07) is 11.4. The third-order valence-corrected chi connectivity index (χ3v) is 4.04. The van der Waals surface area contributed by atoms with Crippen molar-refractivity contribution in [3.63, 3.8) is 0 Å². The molecule has 0 aliphatic rings. The van der Waals surface area contributed by atoms with E-state index in [0.29, 0.717) is 11.0 Å². The van der Waals surface area contributed by atoms with Gasteiger partial charge < -0.3 is 9.84 Å². The Morgan fingerprint density at radius 2 is 2.11 bits per heavy atom. The van der Waals surface area contributed by atoms with Crippen molar-refractivity contribution in [2.45, 2.75) is 19.4 Å². The molecule has 0 radical (unpaired) electrons. The number of carbonyl (C=O) groups is 1. The van der Waals surface area contributed by atoms with Crippen LogP contribution in [0.3, 0.4) is 0 Å². The van der Waals surface area contributed by atoms with Crippen LogP contribution in [0.4, 0.5) is 0 Å². The number of halogens is 1. The summed E-state index contributed by atoms with van der Waals surface area (Å²) >= 11 is 3.45. The monoisotopic (exact) mass is 322 g/mol. The summed E-state index contributed by atoms with van der Waals surface area (Å²) < 4.78 is 4.97. The van der Waals surface area contributed by atoms with Gasteiger partial charge in [-0.3, -0.25) is 4.79 Å². The van der Waals surface area contributed by atoms with E-state index >= 15 is 0 Å². The Morgan fingerprint density at radius 1 is 1.42 bits per heavy atom. The number of aromatic nitrogens is 1. The number of carbonyl (C=O) groups excluding carboxylic acids is 1. The van der Waals surface area contributed by atoms with Crippen LogP contribution in [0, 0.1) is 6.92 Å². The number of benzene rings is 1. The summed E-state index contributed by atoms with van der Waals surface area (Å²) in [7, 11) is 0. The second kappa shape index (κ2) is 5.57. The number of rotatable bonds is 4.